The highest BCUT2D eigenvalue weighted by atomic mass is 32.1. The zero-order chi connectivity index (χ0) is 13.4. The molecule has 0 fully saturated rings. The van der Waals surface area contributed by atoms with Gasteiger partial charge in [0.05, 0.1) is 11.7 Å². The van der Waals surface area contributed by atoms with Gasteiger partial charge < -0.3 is 0 Å². The van der Waals surface area contributed by atoms with Crippen molar-refractivity contribution in [2.24, 2.45) is 5.84 Å². The number of carbonyl (C=O) groups excluding carboxylic acids is 1. The molecule has 0 atom stereocenters. The smallest absolute Gasteiger partial charge is 0.262 e. The van der Waals surface area contributed by atoms with E-state index in [0.717, 1.165) is 29.7 Å². The normalized spacial score (nSPS) is 14.4. The van der Waals surface area contributed by atoms with E-state index < -0.39 is 5.91 Å². The molecule has 1 aliphatic rings. The first-order valence-electron chi connectivity index (χ1n) is 6.20. The Kier molecular flexibility index (Phi) is 3.08. The van der Waals surface area contributed by atoms with Gasteiger partial charge in [0.15, 0.2) is 0 Å². The Bertz CT molecular complexity index is 704. The second kappa shape index (κ2) is 4.75. The molecule has 0 saturated carbocycles. The predicted molar refractivity (Wildman–Crippen MR) is 72.9 cm³/mol. The van der Waals surface area contributed by atoms with Crippen LogP contribution < -0.4 is 16.8 Å². The van der Waals surface area contributed by atoms with Gasteiger partial charge in [-0.2, -0.15) is 0 Å². The van der Waals surface area contributed by atoms with Gasteiger partial charge in [-0.25, -0.2) is 10.8 Å². The van der Waals surface area contributed by atoms with Gasteiger partial charge in [-0.15, -0.1) is 11.3 Å². The molecule has 2 aromatic rings. The van der Waals surface area contributed by atoms with Crippen LogP contribution in [0, 0.1) is 0 Å². The van der Waals surface area contributed by atoms with E-state index in [1.807, 2.05) is 5.43 Å². The number of aryl methyl sites for hydroxylation is 2. The summed E-state index contributed by atoms with van der Waals surface area (Å²) in [7, 11) is 0. The van der Waals surface area contributed by atoms with E-state index in [9.17, 15) is 9.59 Å². The maximum absolute atomic E-state index is 12.4. The highest BCUT2D eigenvalue weighted by Gasteiger charge is 2.20. The number of thiophene rings is 1. The van der Waals surface area contributed by atoms with E-state index in [1.165, 1.54) is 22.2 Å². The fraction of sp³-hybridized carbons (Fsp3) is 0.417. The molecule has 100 valence electrons. The molecule has 2 aromatic heterocycles. The molecule has 1 aliphatic carbocycles. The molecule has 7 heteroatoms. The summed E-state index contributed by atoms with van der Waals surface area (Å²) >= 11 is 1.60. The highest BCUT2D eigenvalue weighted by molar-refractivity contribution is 7.18. The van der Waals surface area contributed by atoms with Crippen LogP contribution in [0.15, 0.2) is 11.1 Å². The van der Waals surface area contributed by atoms with Crippen LogP contribution in [0.4, 0.5) is 0 Å². The van der Waals surface area contributed by atoms with Gasteiger partial charge in [0.25, 0.3) is 11.5 Å². The molecule has 2 heterocycles. The predicted octanol–water partition coefficient (Wildman–Crippen LogP) is 0.327. The number of amides is 1. The lowest BCUT2D eigenvalue weighted by Gasteiger charge is -2.10. The summed E-state index contributed by atoms with van der Waals surface area (Å²) in [5.41, 5.74) is 3.01. The van der Waals surface area contributed by atoms with Crippen LogP contribution in [0.2, 0.25) is 0 Å². The minimum atomic E-state index is -0.410. The first-order valence-corrected chi connectivity index (χ1v) is 7.01. The van der Waals surface area contributed by atoms with E-state index in [-0.39, 0.29) is 12.1 Å². The maximum atomic E-state index is 12.4. The van der Waals surface area contributed by atoms with Gasteiger partial charge in [0, 0.05) is 4.88 Å². The molecule has 0 radical (unpaired) electrons. The number of nitrogens with zero attached hydrogens (tertiary/aromatic N) is 2. The average Bonchev–Trinajstić information content (AvgIpc) is 2.81. The van der Waals surface area contributed by atoms with Crippen LogP contribution in [0.25, 0.3) is 10.2 Å². The van der Waals surface area contributed by atoms with Crippen LogP contribution in [-0.4, -0.2) is 15.5 Å². The van der Waals surface area contributed by atoms with Crippen LogP contribution in [0.5, 0.6) is 0 Å². The van der Waals surface area contributed by atoms with Crippen LogP contribution >= 0.6 is 11.3 Å². The summed E-state index contributed by atoms with van der Waals surface area (Å²) in [6.45, 7) is -0.0944. The Balaban J connectivity index is 2.15. The van der Waals surface area contributed by atoms with Gasteiger partial charge in [-0.05, 0) is 31.2 Å². The summed E-state index contributed by atoms with van der Waals surface area (Å²) in [5.74, 6) is 4.63. The Labute approximate surface area is 113 Å². The lowest BCUT2D eigenvalue weighted by molar-refractivity contribution is -0.121. The summed E-state index contributed by atoms with van der Waals surface area (Å²) in [6, 6.07) is 0. The van der Waals surface area contributed by atoms with Gasteiger partial charge in [0.2, 0.25) is 0 Å². The van der Waals surface area contributed by atoms with Gasteiger partial charge in [0.1, 0.15) is 11.4 Å². The van der Waals surface area contributed by atoms with Crippen molar-refractivity contribution in [2.45, 2.75) is 32.2 Å². The zero-order valence-corrected chi connectivity index (χ0v) is 11.1. The van der Waals surface area contributed by atoms with Crippen LogP contribution in [0.1, 0.15) is 23.3 Å². The van der Waals surface area contributed by atoms with Crippen molar-refractivity contribution in [3.8, 4) is 0 Å². The van der Waals surface area contributed by atoms with Crippen LogP contribution in [-0.2, 0) is 24.2 Å². The standard InChI is InChI=1S/C12H14N4O2S/c13-15-9(17)5-16-6-14-11-10(12(16)18)7-3-1-2-4-8(7)19-11/h6H,1-5,13H2,(H,15,17). The summed E-state index contributed by atoms with van der Waals surface area (Å²) in [4.78, 5) is 30.0. The second-order valence-corrected chi connectivity index (χ2v) is 5.72. The number of nitrogens with one attached hydrogen (secondary N) is 1. The van der Waals surface area contributed by atoms with E-state index in [4.69, 9.17) is 5.84 Å². The van der Waals surface area contributed by atoms with Crippen molar-refractivity contribution in [2.75, 3.05) is 0 Å². The number of hydrazine groups is 1. The lowest BCUT2D eigenvalue weighted by Crippen LogP contribution is -2.36. The van der Waals surface area contributed by atoms with Gasteiger partial charge in [-0.3, -0.25) is 19.6 Å². The largest absolute Gasteiger partial charge is 0.293 e. The third kappa shape index (κ3) is 2.04. The number of fused-ring (bicyclic) bond motifs is 3. The van der Waals surface area contributed by atoms with E-state index in [2.05, 4.69) is 4.98 Å². The molecule has 0 unspecified atom stereocenters. The van der Waals surface area contributed by atoms with E-state index in [1.54, 1.807) is 11.3 Å². The molecule has 6 nitrogen and oxygen atoms in total. The third-order valence-corrected chi connectivity index (χ3v) is 4.62. The number of rotatable bonds is 2. The number of carbonyl (C=O) groups is 1. The molecule has 19 heavy (non-hydrogen) atoms. The average molecular weight is 278 g/mol. The number of nitrogens with two attached hydrogens (primary N) is 1. The fourth-order valence-electron chi connectivity index (χ4n) is 2.49. The van der Waals surface area contributed by atoms with Gasteiger partial charge in [-0.1, -0.05) is 0 Å². The van der Waals surface area contributed by atoms with E-state index >= 15 is 0 Å². The molecule has 3 rings (SSSR count). The first kappa shape index (κ1) is 12.3. The molecule has 0 spiro atoms. The molecule has 3 N–H and O–H groups in total. The topological polar surface area (TPSA) is 90.0 Å². The van der Waals surface area contributed by atoms with E-state index in [0.29, 0.717) is 5.39 Å². The number of aromatic nitrogens is 2. The van der Waals surface area contributed by atoms with Crippen molar-refractivity contribution in [1.82, 2.24) is 15.0 Å². The first-order chi connectivity index (χ1) is 9.20. The Morgan fingerprint density at radius 3 is 3.05 bits per heavy atom. The zero-order valence-electron chi connectivity index (χ0n) is 10.3. The van der Waals surface area contributed by atoms with Crippen LogP contribution in [0.3, 0.4) is 0 Å². The molecule has 0 aromatic carbocycles. The van der Waals surface area contributed by atoms with Gasteiger partial charge >= 0.3 is 0 Å². The minimum Gasteiger partial charge on any atom is -0.293 e. The summed E-state index contributed by atoms with van der Waals surface area (Å²) in [5, 5.41) is 0.687. The van der Waals surface area contributed by atoms with Crippen molar-refractivity contribution in [1.29, 1.82) is 0 Å². The van der Waals surface area contributed by atoms with Crippen molar-refractivity contribution in [3.05, 3.63) is 27.1 Å². The fourth-order valence-corrected chi connectivity index (χ4v) is 3.71. The SMILES string of the molecule is NNC(=O)Cn1cnc2sc3c(c2c1=O)CCCC3. The Morgan fingerprint density at radius 2 is 2.26 bits per heavy atom. The molecule has 0 bridgehead atoms. The van der Waals surface area contributed by atoms with Crippen molar-refractivity contribution < 1.29 is 4.79 Å². The molecular formula is C12H14N4O2S. The summed E-state index contributed by atoms with van der Waals surface area (Å²) in [6.07, 6.45) is 5.65. The minimum absolute atomic E-state index is 0.0944. The summed E-state index contributed by atoms with van der Waals surface area (Å²) < 4.78 is 1.31. The van der Waals surface area contributed by atoms with Crippen molar-refractivity contribution in [3.63, 3.8) is 0 Å². The number of hydrogen-bond donors (Lipinski definition) is 2. The molecule has 1 amide bonds. The Hall–Kier alpha value is -1.73. The monoisotopic (exact) mass is 278 g/mol. The maximum Gasteiger partial charge on any atom is 0.262 e. The molecular weight excluding hydrogens is 264 g/mol. The molecule has 0 aliphatic heterocycles. The molecule has 0 saturated heterocycles. The highest BCUT2D eigenvalue weighted by Crippen LogP contribution is 2.33. The number of hydrogen-bond acceptors (Lipinski definition) is 5. The quantitative estimate of drug-likeness (QED) is 0.470. The van der Waals surface area contributed by atoms with Crippen molar-refractivity contribution >= 4 is 27.5 Å². The third-order valence-electron chi connectivity index (χ3n) is 3.42. The lowest BCUT2D eigenvalue weighted by atomic mass is 9.97. The second-order valence-electron chi connectivity index (χ2n) is 4.64. The Morgan fingerprint density at radius 1 is 1.47 bits per heavy atom.